The van der Waals surface area contributed by atoms with Crippen LogP contribution in [0.4, 0.5) is 4.79 Å². The van der Waals surface area contributed by atoms with Crippen LogP contribution in [0.3, 0.4) is 0 Å². The van der Waals surface area contributed by atoms with Gasteiger partial charge >= 0.3 is 12.0 Å². The van der Waals surface area contributed by atoms with Crippen LogP contribution >= 0.6 is 0 Å². The van der Waals surface area contributed by atoms with Gasteiger partial charge < -0.3 is 14.8 Å². The maximum absolute atomic E-state index is 11.7. The quantitative estimate of drug-likeness (QED) is 0.600. The highest BCUT2D eigenvalue weighted by Crippen LogP contribution is 2.17. The molecule has 140 valence electrons. The van der Waals surface area contributed by atoms with Crippen LogP contribution in [-0.4, -0.2) is 37.7 Å². The number of carbonyl (C=O) groups is 3. The molecule has 0 spiro atoms. The highest BCUT2D eigenvalue weighted by atomic mass is 16.5. The van der Waals surface area contributed by atoms with Gasteiger partial charge in [-0.15, -0.1) is 0 Å². The van der Waals surface area contributed by atoms with Crippen molar-refractivity contribution in [3.63, 3.8) is 0 Å². The van der Waals surface area contributed by atoms with E-state index in [0.29, 0.717) is 5.75 Å². The summed E-state index contributed by atoms with van der Waals surface area (Å²) in [4.78, 5) is 35.0. The highest BCUT2D eigenvalue weighted by Gasteiger charge is 2.17. The molecule has 0 radical (unpaired) electrons. The Balaban J connectivity index is 1.67. The van der Waals surface area contributed by atoms with E-state index < -0.39 is 24.5 Å². The van der Waals surface area contributed by atoms with Crippen LogP contribution in [0.2, 0.25) is 0 Å². The smallest absolute Gasteiger partial charge is 0.331 e. The first-order chi connectivity index (χ1) is 12.6. The first kappa shape index (κ1) is 19.5. The minimum Gasteiger partial charge on any atom is -0.497 e. The van der Waals surface area contributed by atoms with E-state index in [1.54, 1.807) is 37.5 Å². The minimum atomic E-state index is -0.663. The third-order valence-electron chi connectivity index (χ3n) is 4.07. The van der Waals surface area contributed by atoms with Crippen LogP contribution in [0, 0.1) is 0 Å². The van der Waals surface area contributed by atoms with Crippen molar-refractivity contribution in [2.24, 2.45) is 0 Å². The number of amides is 3. The summed E-state index contributed by atoms with van der Waals surface area (Å²) in [6, 6.07) is 6.65. The highest BCUT2D eigenvalue weighted by molar-refractivity contribution is 5.96. The molecule has 0 aliphatic heterocycles. The summed E-state index contributed by atoms with van der Waals surface area (Å²) in [6.07, 6.45) is 7.97. The number of hydrogen-bond acceptors (Lipinski definition) is 5. The fourth-order valence-corrected chi connectivity index (χ4v) is 2.70. The van der Waals surface area contributed by atoms with Crippen LogP contribution in [-0.2, 0) is 14.3 Å². The third kappa shape index (κ3) is 6.96. The van der Waals surface area contributed by atoms with Crippen molar-refractivity contribution in [1.29, 1.82) is 0 Å². The molecule has 3 amide bonds. The Morgan fingerprint density at radius 3 is 2.46 bits per heavy atom. The minimum absolute atomic E-state index is 0.103. The molecule has 0 unspecified atom stereocenters. The summed E-state index contributed by atoms with van der Waals surface area (Å²) in [5, 5.41) is 4.92. The molecule has 2 rings (SSSR count). The zero-order valence-corrected chi connectivity index (χ0v) is 14.8. The molecule has 0 saturated heterocycles. The maximum Gasteiger partial charge on any atom is 0.331 e. The number of ether oxygens (including phenoxy) is 2. The second kappa shape index (κ2) is 10.2. The SMILES string of the molecule is COc1ccc(/C=C/C(=O)OCC(=O)NC(=O)NC2CCCCC2)cc1. The topological polar surface area (TPSA) is 93.7 Å². The zero-order valence-electron chi connectivity index (χ0n) is 14.8. The molecule has 7 heteroatoms. The van der Waals surface area contributed by atoms with E-state index in [1.165, 1.54) is 12.5 Å². The molecule has 26 heavy (non-hydrogen) atoms. The molecule has 0 bridgehead atoms. The second-order valence-corrected chi connectivity index (χ2v) is 6.07. The van der Waals surface area contributed by atoms with Crippen molar-refractivity contribution in [2.45, 2.75) is 38.1 Å². The molecular weight excluding hydrogens is 336 g/mol. The van der Waals surface area contributed by atoms with Gasteiger partial charge in [-0.25, -0.2) is 9.59 Å². The molecule has 7 nitrogen and oxygen atoms in total. The van der Waals surface area contributed by atoms with Crippen LogP contribution in [0.15, 0.2) is 30.3 Å². The first-order valence-electron chi connectivity index (χ1n) is 8.66. The van der Waals surface area contributed by atoms with Gasteiger partial charge in [-0.3, -0.25) is 10.1 Å². The number of imide groups is 1. The number of methoxy groups -OCH3 is 1. The van der Waals surface area contributed by atoms with E-state index in [0.717, 1.165) is 31.2 Å². The van der Waals surface area contributed by atoms with E-state index >= 15 is 0 Å². The van der Waals surface area contributed by atoms with E-state index in [9.17, 15) is 14.4 Å². The third-order valence-corrected chi connectivity index (χ3v) is 4.07. The van der Waals surface area contributed by atoms with E-state index in [1.807, 2.05) is 0 Å². The Hall–Kier alpha value is -2.83. The Bertz CT molecular complexity index is 648. The number of hydrogen-bond donors (Lipinski definition) is 2. The number of nitrogens with one attached hydrogen (secondary N) is 2. The number of rotatable bonds is 6. The molecule has 1 aromatic rings. The predicted octanol–water partition coefficient (Wildman–Crippen LogP) is 2.41. The van der Waals surface area contributed by atoms with Crippen molar-refractivity contribution in [2.75, 3.05) is 13.7 Å². The van der Waals surface area contributed by atoms with Crippen LogP contribution in [0.1, 0.15) is 37.7 Å². The molecule has 0 aromatic heterocycles. The summed E-state index contributed by atoms with van der Waals surface area (Å²) in [5.74, 6) is -0.610. The fourth-order valence-electron chi connectivity index (χ4n) is 2.70. The first-order valence-corrected chi connectivity index (χ1v) is 8.66. The van der Waals surface area contributed by atoms with E-state index in [4.69, 9.17) is 9.47 Å². The maximum atomic E-state index is 11.7. The zero-order chi connectivity index (χ0) is 18.8. The van der Waals surface area contributed by atoms with Gasteiger partial charge in [0.1, 0.15) is 5.75 Å². The van der Waals surface area contributed by atoms with Crippen LogP contribution < -0.4 is 15.4 Å². The summed E-state index contributed by atoms with van der Waals surface area (Å²) in [7, 11) is 1.57. The van der Waals surface area contributed by atoms with Gasteiger partial charge in [-0.1, -0.05) is 31.4 Å². The largest absolute Gasteiger partial charge is 0.497 e. The van der Waals surface area contributed by atoms with E-state index in [-0.39, 0.29) is 6.04 Å². The molecular formula is C19H24N2O5. The Kier molecular flexibility index (Phi) is 7.67. The lowest BCUT2D eigenvalue weighted by molar-refractivity contribution is -0.143. The lowest BCUT2D eigenvalue weighted by atomic mass is 9.96. The monoisotopic (exact) mass is 360 g/mol. The lowest BCUT2D eigenvalue weighted by Gasteiger charge is -2.22. The number of urea groups is 1. The molecule has 1 aliphatic rings. The average Bonchev–Trinajstić information content (AvgIpc) is 2.65. The summed E-state index contributed by atoms with van der Waals surface area (Å²) in [6.45, 7) is -0.510. The van der Waals surface area contributed by atoms with Crippen molar-refractivity contribution >= 4 is 24.0 Å². The molecule has 1 aliphatic carbocycles. The van der Waals surface area contributed by atoms with Crippen molar-refractivity contribution in [3.8, 4) is 5.75 Å². The van der Waals surface area contributed by atoms with Gasteiger partial charge in [0.15, 0.2) is 6.61 Å². The molecule has 0 atom stereocenters. The predicted molar refractivity (Wildman–Crippen MR) is 96.5 cm³/mol. The van der Waals surface area contributed by atoms with Crippen molar-refractivity contribution in [3.05, 3.63) is 35.9 Å². The number of esters is 1. The molecule has 0 heterocycles. The normalized spacial score (nSPS) is 14.7. The van der Waals surface area contributed by atoms with Gasteiger partial charge in [0, 0.05) is 12.1 Å². The molecule has 1 fully saturated rings. The van der Waals surface area contributed by atoms with Gasteiger partial charge in [-0.05, 0) is 36.6 Å². The summed E-state index contributed by atoms with van der Waals surface area (Å²) < 4.78 is 9.87. The van der Waals surface area contributed by atoms with Crippen LogP contribution in [0.25, 0.3) is 6.08 Å². The van der Waals surface area contributed by atoms with Gasteiger partial charge in [0.05, 0.1) is 7.11 Å². The number of carbonyl (C=O) groups excluding carboxylic acids is 3. The van der Waals surface area contributed by atoms with Crippen molar-refractivity contribution < 1.29 is 23.9 Å². The second-order valence-electron chi connectivity index (χ2n) is 6.07. The Labute approximate surface area is 152 Å². The van der Waals surface area contributed by atoms with Crippen LogP contribution in [0.5, 0.6) is 5.75 Å². The van der Waals surface area contributed by atoms with Gasteiger partial charge in [-0.2, -0.15) is 0 Å². The van der Waals surface area contributed by atoms with Gasteiger partial charge in [0.2, 0.25) is 0 Å². The Morgan fingerprint density at radius 1 is 1.12 bits per heavy atom. The van der Waals surface area contributed by atoms with Gasteiger partial charge in [0.25, 0.3) is 5.91 Å². The summed E-state index contributed by atoms with van der Waals surface area (Å²) in [5.41, 5.74) is 0.791. The molecule has 1 aromatic carbocycles. The molecule has 1 saturated carbocycles. The van der Waals surface area contributed by atoms with Crippen molar-refractivity contribution in [1.82, 2.24) is 10.6 Å². The van der Waals surface area contributed by atoms with E-state index in [2.05, 4.69) is 10.6 Å². The number of benzene rings is 1. The Morgan fingerprint density at radius 2 is 1.81 bits per heavy atom. The summed E-state index contributed by atoms with van der Waals surface area (Å²) >= 11 is 0. The lowest BCUT2D eigenvalue weighted by Crippen LogP contribution is -2.46. The molecule has 2 N–H and O–H groups in total. The standard InChI is InChI=1S/C19H24N2O5/c1-25-16-10-7-14(8-11-16)9-12-18(23)26-13-17(22)21-19(24)20-15-5-3-2-4-6-15/h7-12,15H,2-6,13H2,1H3,(H2,20,21,22,24)/b12-9+. The average molecular weight is 360 g/mol. The fraction of sp³-hybridized carbons (Fsp3) is 0.421.